The maximum atomic E-state index is 12.7. The first-order chi connectivity index (χ1) is 26.5. The van der Waals surface area contributed by atoms with Gasteiger partial charge in [-0.25, -0.2) is 0 Å². The van der Waals surface area contributed by atoms with E-state index in [2.05, 4.69) is 45.1 Å². The molecule has 0 radical (unpaired) electrons. The van der Waals surface area contributed by atoms with Crippen LogP contribution in [0.1, 0.15) is 245 Å². The molecule has 0 aromatic carbocycles. The third-order valence-electron chi connectivity index (χ3n) is 10.2. The summed E-state index contributed by atoms with van der Waals surface area (Å²) >= 11 is 0. The smallest absolute Gasteiger partial charge is 0.306 e. The van der Waals surface area contributed by atoms with E-state index in [1.807, 2.05) is 0 Å². The van der Waals surface area contributed by atoms with E-state index in [0.29, 0.717) is 19.3 Å². The van der Waals surface area contributed by atoms with Crippen LogP contribution in [-0.4, -0.2) is 37.2 Å². The Kier molecular flexibility index (Phi) is 41.9. The van der Waals surface area contributed by atoms with Gasteiger partial charge in [0, 0.05) is 19.3 Å². The van der Waals surface area contributed by atoms with Crippen molar-refractivity contribution in [3.8, 4) is 0 Å². The molecule has 0 amide bonds. The van der Waals surface area contributed by atoms with Gasteiger partial charge in [0.15, 0.2) is 6.10 Å². The van der Waals surface area contributed by atoms with Crippen molar-refractivity contribution in [1.29, 1.82) is 0 Å². The molecule has 0 fully saturated rings. The van der Waals surface area contributed by atoms with Gasteiger partial charge in [-0.2, -0.15) is 0 Å². The Morgan fingerprint density at radius 3 is 1.07 bits per heavy atom. The molecule has 1 atom stereocenters. The van der Waals surface area contributed by atoms with Gasteiger partial charge in [-0.15, -0.1) is 0 Å². The summed E-state index contributed by atoms with van der Waals surface area (Å²) < 4.78 is 16.7. The standard InChI is InChI=1S/C48H88O6/c1-4-7-10-13-16-19-21-23-25-26-29-32-35-38-41-47(50)53-44-45(43-52-46(49)40-37-34-31-28-18-15-12-9-6-3)54-48(51)42-39-36-33-30-27-24-22-20-17-14-11-8-5-2/h13,16,21,23,45H,4-12,14-15,17-20,22,24-44H2,1-3H3/b16-13-,23-21-/t45-/m1/s1. The first-order valence-electron chi connectivity index (χ1n) is 23.3. The SMILES string of the molecule is CCCC/C=C\C/C=C\CCCCCCCC(=O)OC[C@@H](COC(=O)CCCCCCCCCCC)OC(=O)CCCCCCCCCCCCCCC. The zero-order valence-corrected chi connectivity index (χ0v) is 36.0. The summed E-state index contributed by atoms with van der Waals surface area (Å²) in [6.07, 6.45) is 47.3. The van der Waals surface area contributed by atoms with Crippen molar-refractivity contribution in [2.45, 2.75) is 252 Å². The number of ether oxygens (including phenoxy) is 3. The van der Waals surface area contributed by atoms with E-state index < -0.39 is 6.10 Å². The lowest BCUT2D eigenvalue weighted by molar-refractivity contribution is -0.167. The molecule has 0 saturated carbocycles. The molecule has 6 heteroatoms. The minimum absolute atomic E-state index is 0.0719. The van der Waals surface area contributed by atoms with Gasteiger partial charge in [-0.05, 0) is 44.9 Å². The van der Waals surface area contributed by atoms with Crippen LogP contribution >= 0.6 is 0 Å². The predicted octanol–water partition coefficient (Wildman–Crippen LogP) is 14.8. The molecule has 0 aliphatic rings. The van der Waals surface area contributed by atoms with Gasteiger partial charge >= 0.3 is 17.9 Å². The summed E-state index contributed by atoms with van der Waals surface area (Å²) in [5, 5.41) is 0. The second-order valence-corrected chi connectivity index (χ2v) is 15.7. The van der Waals surface area contributed by atoms with E-state index in [-0.39, 0.29) is 31.1 Å². The molecule has 54 heavy (non-hydrogen) atoms. The molecule has 0 aromatic rings. The van der Waals surface area contributed by atoms with Crippen LogP contribution in [0, 0.1) is 0 Å². The van der Waals surface area contributed by atoms with Gasteiger partial charge in [-0.3, -0.25) is 14.4 Å². The molecule has 0 aliphatic heterocycles. The van der Waals surface area contributed by atoms with Crippen LogP contribution < -0.4 is 0 Å². The zero-order chi connectivity index (χ0) is 39.4. The van der Waals surface area contributed by atoms with Crippen molar-refractivity contribution in [2.24, 2.45) is 0 Å². The largest absolute Gasteiger partial charge is 0.462 e. The number of allylic oxidation sites excluding steroid dienone is 4. The number of carbonyl (C=O) groups is 3. The summed E-state index contributed by atoms with van der Waals surface area (Å²) in [6, 6.07) is 0. The number of rotatable bonds is 42. The predicted molar refractivity (Wildman–Crippen MR) is 229 cm³/mol. The Morgan fingerprint density at radius 1 is 0.370 bits per heavy atom. The Labute approximate surface area is 334 Å². The number of unbranched alkanes of at least 4 members (excludes halogenated alkanes) is 27. The lowest BCUT2D eigenvalue weighted by atomic mass is 10.0. The molecule has 0 heterocycles. The van der Waals surface area contributed by atoms with Gasteiger partial charge in [0.05, 0.1) is 0 Å². The summed E-state index contributed by atoms with van der Waals surface area (Å²) in [7, 11) is 0. The molecule has 0 unspecified atom stereocenters. The fourth-order valence-corrected chi connectivity index (χ4v) is 6.63. The molecule has 0 N–H and O–H groups in total. The summed E-state index contributed by atoms with van der Waals surface area (Å²) in [5.74, 6) is -0.882. The fourth-order valence-electron chi connectivity index (χ4n) is 6.63. The van der Waals surface area contributed by atoms with Crippen LogP contribution in [0.25, 0.3) is 0 Å². The average Bonchev–Trinajstić information content (AvgIpc) is 3.17. The van der Waals surface area contributed by atoms with Crippen LogP contribution in [0.5, 0.6) is 0 Å². The molecule has 6 nitrogen and oxygen atoms in total. The Balaban J connectivity index is 4.35. The topological polar surface area (TPSA) is 78.9 Å². The molecular formula is C48H88O6. The third-order valence-corrected chi connectivity index (χ3v) is 10.2. The molecular weight excluding hydrogens is 673 g/mol. The second-order valence-electron chi connectivity index (χ2n) is 15.7. The first kappa shape index (κ1) is 51.9. The highest BCUT2D eigenvalue weighted by Crippen LogP contribution is 2.15. The maximum absolute atomic E-state index is 12.7. The van der Waals surface area contributed by atoms with Crippen molar-refractivity contribution in [3.63, 3.8) is 0 Å². The molecule has 0 aliphatic carbocycles. The molecule has 0 saturated heterocycles. The first-order valence-corrected chi connectivity index (χ1v) is 23.3. The molecule has 0 aromatic heterocycles. The van der Waals surface area contributed by atoms with Gasteiger partial charge < -0.3 is 14.2 Å². The second kappa shape index (κ2) is 43.6. The van der Waals surface area contributed by atoms with Gasteiger partial charge in [-0.1, -0.05) is 206 Å². The molecule has 0 spiro atoms. The van der Waals surface area contributed by atoms with E-state index in [1.165, 1.54) is 128 Å². The van der Waals surface area contributed by atoms with Crippen LogP contribution in [0.15, 0.2) is 24.3 Å². The summed E-state index contributed by atoms with van der Waals surface area (Å²) in [4.78, 5) is 37.7. The Morgan fingerprint density at radius 2 is 0.685 bits per heavy atom. The highest BCUT2D eigenvalue weighted by molar-refractivity contribution is 5.71. The summed E-state index contributed by atoms with van der Waals surface area (Å²) in [5.41, 5.74) is 0. The van der Waals surface area contributed by atoms with Crippen molar-refractivity contribution >= 4 is 17.9 Å². The number of hydrogen-bond acceptors (Lipinski definition) is 6. The lowest BCUT2D eigenvalue weighted by Crippen LogP contribution is -2.30. The van der Waals surface area contributed by atoms with Crippen molar-refractivity contribution in [2.75, 3.05) is 13.2 Å². The van der Waals surface area contributed by atoms with Crippen LogP contribution in [0.2, 0.25) is 0 Å². The monoisotopic (exact) mass is 761 g/mol. The Hall–Kier alpha value is -2.11. The minimum Gasteiger partial charge on any atom is -0.462 e. The normalized spacial score (nSPS) is 12.1. The highest BCUT2D eigenvalue weighted by Gasteiger charge is 2.19. The lowest BCUT2D eigenvalue weighted by Gasteiger charge is -2.18. The zero-order valence-electron chi connectivity index (χ0n) is 36.0. The number of esters is 3. The molecule has 0 bridgehead atoms. The minimum atomic E-state index is -0.768. The van der Waals surface area contributed by atoms with E-state index in [1.54, 1.807) is 0 Å². The van der Waals surface area contributed by atoms with E-state index in [9.17, 15) is 14.4 Å². The maximum Gasteiger partial charge on any atom is 0.306 e. The van der Waals surface area contributed by atoms with Crippen LogP contribution in [0.4, 0.5) is 0 Å². The van der Waals surface area contributed by atoms with Crippen molar-refractivity contribution in [3.05, 3.63) is 24.3 Å². The summed E-state index contributed by atoms with van der Waals surface area (Å²) in [6.45, 7) is 6.57. The third kappa shape index (κ3) is 41.1. The van der Waals surface area contributed by atoms with Gasteiger partial charge in [0.1, 0.15) is 13.2 Å². The van der Waals surface area contributed by atoms with Crippen LogP contribution in [-0.2, 0) is 28.6 Å². The molecule has 0 rings (SSSR count). The van der Waals surface area contributed by atoms with E-state index in [0.717, 1.165) is 77.0 Å². The van der Waals surface area contributed by atoms with Crippen molar-refractivity contribution in [1.82, 2.24) is 0 Å². The van der Waals surface area contributed by atoms with Gasteiger partial charge in [0.2, 0.25) is 0 Å². The molecule has 316 valence electrons. The quantitative estimate of drug-likeness (QED) is 0.0267. The van der Waals surface area contributed by atoms with E-state index >= 15 is 0 Å². The number of hydrogen-bond donors (Lipinski definition) is 0. The van der Waals surface area contributed by atoms with Gasteiger partial charge in [0.25, 0.3) is 0 Å². The van der Waals surface area contributed by atoms with E-state index in [4.69, 9.17) is 14.2 Å². The van der Waals surface area contributed by atoms with Crippen molar-refractivity contribution < 1.29 is 28.6 Å². The fraction of sp³-hybridized carbons (Fsp3) is 0.854. The Bertz CT molecular complexity index is 880. The average molecular weight is 761 g/mol. The van der Waals surface area contributed by atoms with Crippen LogP contribution in [0.3, 0.4) is 0 Å². The highest BCUT2D eigenvalue weighted by atomic mass is 16.6. The number of carbonyl (C=O) groups excluding carboxylic acids is 3.